The van der Waals surface area contributed by atoms with E-state index in [0.29, 0.717) is 0 Å². The molecule has 0 aliphatic carbocycles. The third-order valence-corrected chi connectivity index (χ3v) is 4.87. The van der Waals surface area contributed by atoms with Gasteiger partial charge in [-0.15, -0.1) is 0 Å². The Morgan fingerprint density at radius 2 is 2.00 bits per heavy atom. The number of hydrogen-bond donors (Lipinski definition) is 0. The molecule has 1 fully saturated rings. The maximum Gasteiger partial charge on any atom is 0.417 e. The number of hydrogen-bond acceptors (Lipinski definition) is 5. The second-order valence-electron chi connectivity index (χ2n) is 6.35. The van der Waals surface area contributed by atoms with Crippen LogP contribution >= 0.6 is 0 Å². The molecule has 1 saturated heterocycles. The van der Waals surface area contributed by atoms with E-state index in [2.05, 4.69) is 4.98 Å². The predicted octanol–water partition coefficient (Wildman–Crippen LogP) is 4.03. The first kappa shape index (κ1) is 21.3. The lowest BCUT2D eigenvalue weighted by Gasteiger charge is -2.31. The average Bonchev–Trinajstić information content (AvgIpc) is 2.87. The lowest BCUT2D eigenvalue weighted by molar-refractivity contribution is -0.274. The van der Waals surface area contributed by atoms with E-state index in [9.17, 15) is 26.7 Å². The van der Waals surface area contributed by atoms with Gasteiger partial charge in [0.2, 0.25) is 5.88 Å². The minimum absolute atomic E-state index is 0.0533. The zero-order valence-corrected chi connectivity index (χ0v) is 15.1. The van der Waals surface area contributed by atoms with Crippen LogP contribution < -0.4 is 4.74 Å². The minimum Gasteiger partial charge on any atom is -0.481 e. The lowest BCUT2D eigenvalue weighted by Crippen LogP contribution is -2.47. The van der Waals surface area contributed by atoms with Gasteiger partial charge in [0.15, 0.2) is 11.7 Å². The molecule has 1 aliphatic rings. The molecule has 4 atom stereocenters. The maximum absolute atomic E-state index is 13.6. The quantitative estimate of drug-likeness (QED) is 0.555. The van der Waals surface area contributed by atoms with Crippen molar-refractivity contribution in [1.82, 2.24) is 4.98 Å². The fourth-order valence-corrected chi connectivity index (χ4v) is 3.23. The summed E-state index contributed by atoms with van der Waals surface area (Å²) in [6, 6.07) is 2.17. The van der Waals surface area contributed by atoms with Gasteiger partial charge < -0.3 is 14.2 Å². The van der Waals surface area contributed by atoms with E-state index in [-0.39, 0.29) is 18.1 Å². The molecule has 0 radical (unpaired) electrons. The van der Waals surface area contributed by atoms with E-state index in [0.717, 1.165) is 20.1 Å². The lowest BCUT2D eigenvalue weighted by atomic mass is 9.77. The SMILES string of the molecule is CCOC(=O)[C@H]1O[C@@](C)(C(F)(F)F)[C@@H](C)[C@H]1c1ccc(C(F)F)nc1OC. The van der Waals surface area contributed by atoms with Crippen LogP contribution in [0.4, 0.5) is 22.0 Å². The normalized spacial score (nSPS) is 28.4. The Labute approximate surface area is 152 Å². The molecule has 0 N–H and O–H groups in total. The van der Waals surface area contributed by atoms with Crippen molar-refractivity contribution in [2.24, 2.45) is 5.92 Å². The van der Waals surface area contributed by atoms with Crippen LogP contribution in [0.1, 0.15) is 44.4 Å². The van der Waals surface area contributed by atoms with E-state index in [1.165, 1.54) is 19.9 Å². The molecule has 1 aliphatic heterocycles. The van der Waals surface area contributed by atoms with Gasteiger partial charge in [0.1, 0.15) is 5.69 Å². The second-order valence-corrected chi connectivity index (χ2v) is 6.35. The zero-order valence-electron chi connectivity index (χ0n) is 15.1. The molecule has 0 unspecified atom stereocenters. The number of aromatic nitrogens is 1. The Balaban J connectivity index is 2.58. The standard InChI is InChI=1S/C17H20F5NO4/c1-5-26-15(24)12-11(8(2)16(3,27-12)17(20,21)22)9-6-7-10(13(18)19)23-14(9)25-4/h6-8,11-13H,5H2,1-4H3/t8-,11-,12-,16+/m0/s1. The summed E-state index contributed by atoms with van der Waals surface area (Å²) < 4.78 is 81.7. The number of methoxy groups -OCH3 is 1. The Bertz CT molecular complexity index is 696. The monoisotopic (exact) mass is 397 g/mol. The minimum atomic E-state index is -4.77. The molecule has 0 amide bonds. The average molecular weight is 397 g/mol. The molecular weight excluding hydrogens is 377 g/mol. The van der Waals surface area contributed by atoms with Gasteiger partial charge in [-0.3, -0.25) is 0 Å². The molecule has 2 heterocycles. The van der Waals surface area contributed by atoms with Gasteiger partial charge in [0.05, 0.1) is 13.7 Å². The van der Waals surface area contributed by atoms with Crippen molar-refractivity contribution in [3.05, 3.63) is 23.4 Å². The highest BCUT2D eigenvalue weighted by Crippen LogP contribution is 2.54. The van der Waals surface area contributed by atoms with Crippen molar-refractivity contribution in [2.75, 3.05) is 13.7 Å². The molecule has 0 bridgehead atoms. The van der Waals surface area contributed by atoms with Crippen molar-refractivity contribution in [1.29, 1.82) is 0 Å². The van der Waals surface area contributed by atoms with Gasteiger partial charge in [-0.1, -0.05) is 13.0 Å². The van der Waals surface area contributed by atoms with Gasteiger partial charge in [-0.25, -0.2) is 18.6 Å². The van der Waals surface area contributed by atoms with Crippen LogP contribution in [0.2, 0.25) is 0 Å². The number of carbonyl (C=O) groups is 1. The summed E-state index contributed by atoms with van der Waals surface area (Å²) in [7, 11) is 1.16. The van der Waals surface area contributed by atoms with Crippen molar-refractivity contribution in [3.63, 3.8) is 0 Å². The van der Waals surface area contributed by atoms with E-state index in [4.69, 9.17) is 14.2 Å². The zero-order chi connectivity index (χ0) is 20.6. The van der Waals surface area contributed by atoms with Gasteiger partial charge >= 0.3 is 12.1 Å². The molecule has 2 rings (SSSR count). The molecule has 152 valence electrons. The van der Waals surface area contributed by atoms with E-state index < -0.39 is 47.8 Å². The smallest absolute Gasteiger partial charge is 0.417 e. The topological polar surface area (TPSA) is 57.7 Å². The summed E-state index contributed by atoms with van der Waals surface area (Å²) in [6.45, 7) is 3.57. The highest BCUT2D eigenvalue weighted by atomic mass is 19.4. The van der Waals surface area contributed by atoms with Gasteiger partial charge in [0.25, 0.3) is 6.43 Å². The first-order chi connectivity index (χ1) is 12.5. The van der Waals surface area contributed by atoms with Crippen LogP contribution in [0, 0.1) is 5.92 Å². The summed E-state index contributed by atoms with van der Waals surface area (Å²) in [6.07, 6.45) is -9.23. The molecule has 1 aromatic heterocycles. The molecule has 10 heteroatoms. The fraction of sp³-hybridized carbons (Fsp3) is 0.647. The molecule has 0 aromatic carbocycles. The van der Waals surface area contributed by atoms with Crippen LogP contribution in [-0.4, -0.2) is 42.6 Å². The highest BCUT2D eigenvalue weighted by Gasteiger charge is 2.66. The number of ether oxygens (including phenoxy) is 3. The number of carbonyl (C=O) groups excluding carboxylic acids is 1. The number of rotatable bonds is 5. The van der Waals surface area contributed by atoms with Gasteiger partial charge in [-0.05, 0) is 19.9 Å². The molecule has 0 spiro atoms. The van der Waals surface area contributed by atoms with Gasteiger partial charge in [-0.2, -0.15) is 13.2 Å². The summed E-state index contributed by atoms with van der Waals surface area (Å²) in [4.78, 5) is 15.9. The van der Waals surface area contributed by atoms with Crippen molar-refractivity contribution >= 4 is 5.97 Å². The van der Waals surface area contributed by atoms with Crippen LogP contribution in [0.5, 0.6) is 5.88 Å². The third-order valence-electron chi connectivity index (χ3n) is 4.87. The summed E-state index contributed by atoms with van der Waals surface area (Å²) in [5.41, 5.74) is -3.16. The summed E-state index contributed by atoms with van der Waals surface area (Å²) in [5, 5.41) is 0. The maximum atomic E-state index is 13.6. The van der Waals surface area contributed by atoms with E-state index >= 15 is 0 Å². The fourth-order valence-electron chi connectivity index (χ4n) is 3.23. The first-order valence-electron chi connectivity index (χ1n) is 8.22. The first-order valence-corrected chi connectivity index (χ1v) is 8.22. The van der Waals surface area contributed by atoms with E-state index in [1.54, 1.807) is 0 Å². The number of alkyl halides is 5. The van der Waals surface area contributed by atoms with Crippen molar-refractivity contribution < 1.29 is 41.0 Å². The Morgan fingerprint density at radius 3 is 2.48 bits per heavy atom. The van der Waals surface area contributed by atoms with Crippen molar-refractivity contribution in [3.8, 4) is 5.88 Å². The Kier molecular flexibility index (Phi) is 5.98. The number of pyridine rings is 1. The van der Waals surface area contributed by atoms with E-state index in [1.807, 2.05) is 0 Å². The third kappa shape index (κ3) is 3.71. The highest BCUT2D eigenvalue weighted by molar-refractivity contribution is 5.77. The van der Waals surface area contributed by atoms with Crippen LogP contribution in [0.3, 0.4) is 0 Å². The summed E-state index contributed by atoms with van der Waals surface area (Å²) >= 11 is 0. The predicted molar refractivity (Wildman–Crippen MR) is 83.6 cm³/mol. The summed E-state index contributed by atoms with van der Waals surface area (Å²) in [5.74, 6) is -3.64. The van der Waals surface area contributed by atoms with Crippen molar-refractivity contribution in [2.45, 2.75) is 51.0 Å². The van der Waals surface area contributed by atoms with Crippen LogP contribution in [-0.2, 0) is 14.3 Å². The Morgan fingerprint density at radius 1 is 1.37 bits per heavy atom. The Hall–Kier alpha value is -1.97. The van der Waals surface area contributed by atoms with Crippen LogP contribution in [0.15, 0.2) is 12.1 Å². The molecule has 5 nitrogen and oxygen atoms in total. The second kappa shape index (κ2) is 7.57. The largest absolute Gasteiger partial charge is 0.481 e. The van der Waals surface area contributed by atoms with Gasteiger partial charge in [0, 0.05) is 17.4 Å². The van der Waals surface area contributed by atoms with Crippen LogP contribution in [0.25, 0.3) is 0 Å². The number of halogens is 5. The number of nitrogens with zero attached hydrogens (tertiary/aromatic N) is 1. The molecule has 27 heavy (non-hydrogen) atoms. The molecule has 0 saturated carbocycles. The molecule has 1 aromatic rings. The molecular formula is C17H20F5NO4. The number of esters is 1.